The van der Waals surface area contributed by atoms with E-state index in [1.54, 1.807) is 0 Å². The number of hydrogen-bond donors (Lipinski definition) is 0. The molecule has 0 aromatic heterocycles. The zero-order chi connectivity index (χ0) is 29.2. The first-order valence-electron chi connectivity index (χ1n) is 15.2. The Morgan fingerprint density at radius 2 is 1.40 bits per heavy atom. The number of rotatable bonds is 8. The summed E-state index contributed by atoms with van der Waals surface area (Å²) in [7, 11) is 0. The summed E-state index contributed by atoms with van der Waals surface area (Å²) >= 11 is 0. The van der Waals surface area contributed by atoms with Gasteiger partial charge in [0.2, 0.25) is 0 Å². The van der Waals surface area contributed by atoms with Crippen molar-refractivity contribution in [2.24, 2.45) is 0 Å². The van der Waals surface area contributed by atoms with Crippen LogP contribution in [0.4, 0.5) is 0 Å². The van der Waals surface area contributed by atoms with E-state index in [1.807, 2.05) is 43.3 Å². The highest BCUT2D eigenvalue weighted by atomic mass is 16.5. The predicted octanol–water partition coefficient (Wildman–Crippen LogP) is 7.89. The second kappa shape index (κ2) is 12.0. The van der Waals surface area contributed by atoms with Crippen molar-refractivity contribution in [2.45, 2.75) is 78.4 Å². The molecule has 0 radical (unpaired) electrons. The summed E-state index contributed by atoms with van der Waals surface area (Å²) in [4.78, 5) is 29.7. The molecule has 0 N–H and O–H groups in total. The first-order chi connectivity index (χ1) is 20.4. The summed E-state index contributed by atoms with van der Waals surface area (Å²) in [5.41, 5.74) is 9.43. The van der Waals surface area contributed by atoms with Crippen LogP contribution in [-0.4, -0.2) is 23.1 Å². The van der Waals surface area contributed by atoms with Gasteiger partial charge < -0.3 is 14.4 Å². The van der Waals surface area contributed by atoms with Gasteiger partial charge in [0.15, 0.2) is 23.1 Å². The third-order valence-corrected chi connectivity index (χ3v) is 8.84. The summed E-state index contributed by atoms with van der Waals surface area (Å²) in [5, 5.41) is 0. The van der Waals surface area contributed by atoms with Gasteiger partial charge in [-0.25, -0.2) is 0 Å². The number of ketones is 2. The quantitative estimate of drug-likeness (QED) is 0.280. The Morgan fingerprint density at radius 3 is 2.05 bits per heavy atom. The maximum Gasteiger partial charge on any atom is 0.161 e. The van der Waals surface area contributed by atoms with Crippen LogP contribution >= 0.6 is 0 Å². The number of aryl methyl sites for hydroxylation is 2. The largest absolute Gasteiger partial charge is 0.490 e. The molecule has 2 aliphatic carbocycles. The molecule has 0 atom stereocenters. The molecule has 5 nitrogen and oxygen atoms in total. The predicted molar refractivity (Wildman–Crippen MR) is 164 cm³/mol. The molecule has 216 valence electrons. The van der Waals surface area contributed by atoms with Crippen molar-refractivity contribution in [3.05, 3.63) is 117 Å². The van der Waals surface area contributed by atoms with Gasteiger partial charge in [0, 0.05) is 47.8 Å². The highest BCUT2D eigenvalue weighted by Crippen LogP contribution is 2.50. The highest BCUT2D eigenvalue weighted by molar-refractivity contribution is 6.06. The summed E-state index contributed by atoms with van der Waals surface area (Å²) in [6.07, 6.45) is 4.38. The van der Waals surface area contributed by atoms with Gasteiger partial charge in [-0.1, -0.05) is 54.6 Å². The van der Waals surface area contributed by atoms with Crippen LogP contribution in [0, 0.1) is 13.8 Å². The van der Waals surface area contributed by atoms with Crippen LogP contribution in [0.5, 0.6) is 11.5 Å². The van der Waals surface area contributed by atoms with E-state index in [1.165, 1.54) is 16.7 Å². The van der Waals surface area contributed by atoms with Crippen LogP contribution in [0.15, 0.2) is 89.3 Å². The fourth-order valence-corrected chi connectivity index (χ4v) is 6.65. The van der Waals surface area contributed by atoms with E-state index < -0.39 is 0 Å². The third-order valence-electron chi connectivity index (χ3n) is 8.84. The van der Waals surface area contributed by atoms with Crippen LogP contribution in [0.25, 0.3) is 0 Å². The number of ether oxygens (including phenoxy) is 2. The van der Waals surface area contributed by atoms with E-state index in [-0.39, 0.29) is 17.5 Å². The third kappa shape index (κ3) is 5.40. The first kappa shape index (κ1) is 28.0. The Bertz CT molecular complexity index is 1540. The van der Waals surface area contributed by atoms with Crippen molar-refractivity contribution in [3.63, 3.8) is 0 Å². The van der Waals surface area contributed by atoms with Gasteiger partial charge in [0.25, 0.3) is 0 Å². The topological polar surface area (TPSA) is 55.8 Å². The second-order valence-corrected chi connectivity index (χ2v) is 11.6. The van der Waals surface area contributed by atoms with E-state index >= 15 is 0 Å². The number of carbonyl (C=O) groups excluding carboxylic acids is 2. The average Bonchev–Trinajstić information content (AvgIpc) is 2.99. The molecule has 0 saturated heterocycles. The maximum atomic E-state index is 13.7. The zero-order valence-corrected chi connectivity index (χ0v) is 24.9. The Hall–Kier alpha value is -4.12. The molecule has 0 amide bonds. The lowest BCUT2D eigenvalue weighted by Gasteiger charge is -2.44. The monoisotopic (exact) mass is 561 g/mol. The number of carbonyl (C=O) groups is 2. The smallest absolute Gasteiger partial charge is 0.161 e. The summed E-state index contributed by atoms with van der Waals surface area (Å²) in [6.45, 7) is 7.75. The van der Waals surface area contributed by atoms with Gasteiger partial charge in [-0.3, -0.25) is 9.59 Å². The lowest BCUT2D eigenvalue weighted by Crippen LogP contribution is -2.38. The van der Waals surface area contributed by atoms with Crippen molar-refractivity contribution in [1.82, 2.24) is 4.90 Å². The van der Waals surface area contributed by atoms with Crippen molar-refractivity contribution >= 4 is 11.6 Å². The molecule has 5 heteroatoms. The van der Waals surface area contributed by atoms with Gasteiger partial charge >= 0.3 is 0 Å². The van der Waals surface area contributed by atoms with Crippen molar-refractivity contribution < 1.29 is 19.1 Å². The molecule has 0 unspecified atom stereocenters. The molecule has 0 spiro atoms. The lowest BCUT2D eigenvalue weighted by molar-refractivity contribution is -0.117. The minimum Gasteiger partial charge on any atom is -0.490 e. The molecule has 1 heterocycles. The van der Waals surface area contributed by atoms with Crippen LogP contribution in [-0.2, 0) is 22.7 Å². The van der Waals surface area contributed by atoms with Crippen molar-refractivity contribution in [2.75, 3.05) is 6.61 Å². The van der Waals surface area contributed by atoms with Gasteiger partial charge in [-0.05, 0) is 86.4 Å². The summed E-state index contributed by atoms with van der Waals surface area (Å²) < 4.78 is 12.3. The highest BCUT2D eigenvalue weighted by Gasteiger charge is 2.43. The van der Waals surface area contributed by atoms with E-state index in [9.17, 15) is 9.59 Å². The number of benzene rings is 3. The van der Waals surface area contributed by atoms with Crippen LogP contribution in [0.2, 0.25) is 0 Å². The van der Waals surface area contributed by atoms with E-state index in [2.05, 4.69) is 49.1 Å². The summed E-state index contributed by atoms with van der Waals surface area (Å²) in [5.74, 6) is 1.22. The molecule has 1 aliphatic heterocycles. The number of nitrogens with zero attached hydrogens (tertiary/aromatic N) is 1. The minimum atomic E-state index is -0.379. The Labute approximate surface area is 248 Å². The molecule has 3 aromatic rings. The van der Waals surface area contributed by atoms with Gasteiger partial charge in [-0.15, -0.1) is 0 Å². The molecule has 42 heavy (non-hydrogen) atoms. The molecule has 0 bridgehead atoms. The number of Topliss-reactive ketones (excluding diaryl/α,β-unsaturated/α-hetero) is 2. The minimum absolute atomic E-state index is 0.150. The number of allylic oxidation sites excluding steroid dienone is 4. The molecule has 3 aliphatic rings. The Balaban J connectivity index is 1.41. The van der Waals surface area contributed by atoms with E-state index in [0.717, 1.165) is 59.4 Å². The van der Waals surface area contributed by atoms with E-state index in [4.69, 9.17) is 9.47 Å². The standard InChI is InChI=1S/C37H39NO4/c1-4-41-34-21-28(18-19-33(34)42-23-27-17-16-24(2)25(3)20-27)35-36-29(12-8-14-31(36)39)38(22-26-10-6-5-7-11-26)30-13-9-15-32(40)37(30)35/h5-7,10-11,16-21,35H,4,8-9,12-15,22-23H2,1-3H3. The van der Waals surface area contributed by atoms with E-state index in [0.29, 0.717) is 44.1 Å². The number of hydrogen-bond acceptors (Lipinski definition) is 5. The SMILES string of the molecule is CCOc1cc(C2C3=C(CCCC3=O)N(Cc3ccccc3)C3=C2C(=O)CCC3)ccc1OCc1ccc(C)c(C)c1. The molecule has 0 fully saturated rings. The normalized spacial score (nSPS) is 17.4. The molecule has 6 rings (SSSR count). The van der Waals surface area contributed by atoms with Gasteiger partial charge in [0.1, 0.15) is 6.61 Å². The van der Waals surface area contributed by atoms with Crippen molar-refractivity contribution in [1.29, 1.82) is 0 Å². The van der Waals surface area contributed by atoms with Crippen LogP contribution in [0.3, 0.4) is 0 Å². The fourth-order valence-electron chi connectivity index (χ4n) is 6.65. The molecule has 3 aromatic carbocycles. The van der Waals surface area contributed by atoms with Crippen LogP contribution < -0.4 is 9.47 Å². The maximum absolute atomic E-state index is 13.7. The fraction of sp³-hybridized carbons (Fsp3) is 0.351. The van der Waals surface area contributed by atoms with Crippen LogP contribution in [0.1, 0.15) is 79.2 Å². The van der Waals surface area contributed by atoms with Gasteiger partial charge in [0.05, 0.1) is 6.61 Å². The zero-order valence-electron chi connectivity index (χ0n) is 24.9. The molecule has 0 saturated carbocycles. The van der Waals surface area contributed by atoms with Crippen molar-refractivity contribution in [3.8, 4) is 11.5 Å². The summed E-state index contributed by atoms with van der Waals surface area (Å²) in [6, 6.07) is 22.7. The molecular weight excluding hydrogens is 522 g/mol. The Morgan fingerprint density at radius 1 is 0.714 bits per heavy atom. The molecular formula is C37H39NO4. The average molecular weight is 562 g/mol. The lowest BCUT2D eigenvalue weighted by atomic mass is 9.71. The first-order valence-corrected chi connectivity index (χ1v) is 15.2. The van der Waals surface area contributed by atoms with Gasteiger partial charge in [-0.2, -0.15) is 0 Å². The Kier molecular flexibility index (Phi) is 8.01. The second-order valence-electron chi connectivity index (χ2n) is 11.6.